The highest BCUT2D eigenvalue weighted by Gasteiger charge is 2.39. The number of ether oxygens (including phenoxy) is 2. The predicted molar refractivity (Wildman–Crippen MR) is 134 cm³/mol. The van der Waals surface area contributed by atoms with Crippen LogP contribution < -0.4 is 5.32 Å². The number of piperidine rings is 1. The molecular formula is C24H33F3IN3O4. The lowest BCUT2D eigenvalue weighted by Crippen LogP contribution is -2.49. The molecule has 1 fully saturated rings. The van der Waals surface area contributed by atoms with Crippen LogP contribution in [-0.4, -0.2) is 82.9 Å². The van der Waals surface area contributed by atoms with E-state index in [2.05, 4.69) is 10.2 Å². The molecule has 2 aliphatic heterocycles. The van der Waals surface area contributed by atoms with Crippen molar-refractivity contribution >= 4 is 34.5 Å². The Kier molecular flexibility index (Phi) is 10.1. The van der Waals surface area contributed by atoms with Gasteiger partial charge in [0.1, 0.15) is 23.3 Å². The predicted octanol–water partition coefficient (Wildman–Crippen LogP) is 3.70. The molecule has 3 aliphatic rings. The molecule has 1 N–H and O–H groups in total. The zero-order valence-corrected chi connectivity index (χ0v) is 22.2. The van der Waals surface area contributed by atoms with Gasteiger partial charge in [0.15, 0.2) is 0 Å². The topological polar surface area (TPSA) is 71.1 Å². The van der Waals surface area contributed by atoms with Crippen LogP contribution in [0.3, 0.4) is 0 Å². The molecule has 35 heavy (non-hydrogen) atoms. The van der Waals surface area contributed by atoms with Crippen LogP contribution in [0.25, 0.3) is 0 Å². The van der Waals surface area contributed by atoms with Crippen LogP contribution in [0.2, 0.25) is 0 Å². The summed E-state index contributed by atoms with van der Waals surface area (Å²) < 4.78 is 49.5. The molecule has 0 radical (unpaired) electrons. The van der Waals surface area contributed by atoms with Crippen LogP contribution in [0.5, 0.6) is 0 Å². The molecule has 2 heterocycles. The number of hydrogen-bond donors (Lipinski definition) is 1. The summed E-state index contributed by atoms with van der Waals surface area (Å²) in [6.45, 7) is 4.53. The number of carbonyl (C=O) groups is 2. The van der Waals surface area contributed by atoms with Gasteiger partial charge in [0, 0.05) is 31.1 Å². The van der Waals surface area contributed by atoms with Gasteiger partial charge in [0.2, 0.25) is 0 Å². The zero-order chi connectivity index (χ0) is 25.6. The summed E-state index contributed by atoms with van der Waals surface area (Å²) in [6.07, 6.45) is 4.90. The van der Waals surface area contributed by atoms with E-state index in [1.165, 1.54) is 4.90 Å². The third kappa shape index (κ3) is 8.21. The third-order valence-corrected chi connectivity index (χ3v) is 7.26. The summed E-state index contributed by atoms with van der Waals surface area (Å²) in [5, 5.41) is 3.61. The monoisotopic (exact) mass is 611 g/mol. The van der Waals surface area contributed by atoms with Gasteiger partial charge < -0.3 is 19.7 Å². The smallest absolute Gasteiger partial charge is 0.405 e. The summed E-state index contributed by atoms with van der Waals surface area (Å²) >= 11 is 2.04. The van der Waals surface area contributed by atoms with Crippen molar-refractivity contribution in [3.63, 3.8) is 0 Å². The van der Waals surface area contributed by atoms with Crippen molar-refractivity contribution in [3.05, 3.63) is 35.6 Å². The van der Waals surface area contributed by atoms with E-state index >= 15 is 0 Å². The van der Waals surface area contributed by atoms with Crippen LogP contribution in [-0.2, 0) is 19.1 Å². The maximum absolute atomic E-state index is 13.0. The molecule has 0 bridgehead atoms. The van der Waals surface area contributed by atoms with Gasteiger partial charge in [-0.25, -0.2) is 0 Å². The molecule has 3 unspecified atom stereocenters. The fourth-order valence-corrected chi connectivity index (χ4v) is 5.34. The molecular weight excluding hydrogens is 578 g/mol. The van der Waals surface area contributed by atoms with Gasteiger partial charge in [-0.3, -0.25) is 14.5 Å². The average Bonchev–Trinajstić information content (AvgIpc) is 3.13. The first-order valence-corrected chi connectivity index (χ1v) is 13.3. The zero-order valence-electron chi connectivity index (χ0n) is 20.0. The lowest BCUT2D eigenvalue weighted by atomic mass is 9.96. The molecule has 0 aromatic rings. The quantitative estimate of drug-likeness (QED) is 0.175. The first kappa shape index (κ1) is 28.0. The lowest BCUT2D eigenvalue weighted by Gasteiger charge is -2.36. The van der Waals surface area contributed by atoms with Crippen LogP contribution in [0.4, 0.5) is 13.2 Å². The van der Waals surface area contributed by atoms with Gasteiger partial charge in [-0.15, -0.1) is 0 Å². The number of nitrogens with zero attached hydrogens (tertiary/aromatic N) is 2. The number of halogens is 4. The van der Waals surface area contributed by atoms with Gasteiger partial charge in [-0.2, -0.15) is 13.2 Å². The van der Waals surface area contributed by atoms with Crippen molar-refractivity contribution in [2.75, 3.05) is 32.8 Å². The van der Waals surface area contributed by atoms with E-state index in [0.717, 1.165) is 31.5 Å². The average molecular weight is 611 g/mol. The van der Waals surface area contributed by atoms with Crippen molar-refractivity contribution in [2.24, 2.45) is 0 Å². The van der Waals surface area contributed by atoms with E-state index in [4.69, 9.17) is 9.47 Å². The largest absolute Gasteiger partial charge is 0.462 e. The fourth-order valence-electron chi connectivity index (χ4n) is 4.45. The van der Waals surface area contributed by atoms with Crippen molar-refractivity contribution < 1.29 is 32.2 Å². The molecule has 0 amide bonds. The number of carbonyl (C=O) groups excluding carboxylic acids is 2. The van der Waals surface area contributed by atoms with Gasteiger partial charge in [-0.1, -0.05) is 48.6 Å². The van der Waals surface area contributed by atoms with Crippen LogP contribution >= 0.6 is 22.6 Å². The van der Waals surface area contributed by atoms with Crippen molar-refractivity contribution in [1.82, 2.24) is 15.1 Å². The second-order valence-corrected chi connectivity index (χ2v) is 10.2. The van der Waals surface area contributed by atoms with Crippen LogP contribution in [0, 0.1) is 0 Å². The van der Waals surface area contributed by atoms with Gasteiger partial charge >= 0.3 is 18.1 Å². The number of nitrogens with one attached hydrogen (secondary N) is 1. The lowest BCUT2D eigenvalue weighted by molar-refractivity contribution is -0.160. The first-order chi connectivity index (χ1) is 16.6. The summed E-state index contributed by atoms with van der Waals surface area (Å²) in [7, 11) is 0. The SMILES string of the molecule is CCC(=O)OCC(CN1CCC(NC2C=CC=C3C2=CC(I)N3CC(F)(F)F)CC1)OC(=O)CC. The number of alkyl halides is 4. The van der Waals surface area contributed by atoms with E-state index in [0.29, 0.717) is 12.2 Å². The first-order valence-electron chi connectivity index (χ1n) is 12.0. The minimum atomic E-state index is -4.26. The Balaban J connectivity index is 1.51. The molecule has 3 rings (SSSR count). The minimum Gasteiger partial charge on any atom is -0.462 e. The standard InChI is InChI=1S/C24H33F3IN3O4/c1-3-22(32)34-14-17(35-23(33)4-2)13-30-10-8-16(9-11-30)29-19-6-5-7-20-18(19)12-21(28)31(20)15-24(25,26)27/h5-7,12,16-17,19,21,29H,3-4,8-11,13-15H2,1-2H3. The normalized spacial score (nSPS) is 24.0. The molecule has 3 atom stereocenters. The summed E-state index contributed by atoms with van der Waals surface area (Å²) in [4.78, 5) is 26.9. The van der Waals surface area contributed by atoms with E-state index in [-0.39, 0.29) is 47.5 Å². The molecule has 0 aromatic heterocycles. The molecule has 0 saturated carbocycles. The fraction of sp³-hybridized carbons (Fsp3) is 0.667. The van der Waals surface area contributed by atoms with Gasteiger partial charge in [-0.05, 0) is 43.7 Å². The highest BCUT2D eigenvalue weighted by Crippen LogP contribution is 2.37. The van der Waals surface area contributed by atoms with E-state index in [1.54, 1.807) is 19.9 Å². The second kappa shape index (κ2) is 12.6. The Morgan fingerprint density at radius 1 is 1.20 bits per heavy atom. The Bertz CT molecular complexity index is 853. The van der Waals surface area contributed by atoms with Gasteiger partial charge in [0.05, 0.1) is 6.04 Å². The number of allylic oxidation sites excluding steroid dienone is 2. The molecule has 0 spiro atoms. The van der Waals surface area contributed by atoms with E-state index in [9.17, 15) is 22.8 Å². The molecule has 1 saturated heterocycles. The molecule has 11 heteroatoms. The van der Waals surface area contributed by atoms with Gasteiger partial charge in [0.25, 0.3) is 0 Å². The number of esters is 2. The van der Waals surface area contributed by atoms with Crippen molar-refractivity contribution in [3.8, 4) is 0 Å². The Morgan fingerprint density at radius 3 is 2.51 bits per heavy atom. The Labute approximate surface area is 217 Å². The molecule has 7 nitrogen and oxygen atoms in total. The number of hydrogen-bond acceptors (Lipinski definition) is 7. The van der Waals surface area contributed by atoms with E-state index in [1.807, 2.05) is 40.8 Å². The maximum Gasteiger partial charge on any atom is 0.405 e. The van der Waals surface area contributed by atoms with Crippen LogP contribution in [0.15, 0.2) is 35.6 Å². The minimum absolute atomic E-state index is 0.0403. The number of likely N-dealkylation sites (tertiary alicyclic amines) is 1. The highest BCUT2D eigenvalue weighted by molar-refractivity contribution is 14.1. The summed E-state index contributed by atoms with van der Waals surface area (Å²) in [6, 6.07) is 0.0776. The van der Waals surface area contributed by atoms with Crippen molar-refractivity contribution in [2.45, 2.75) is 67.9 Å². The maximum atomic E-state index is 13.0. The Morgan fingerprint density at radius 2 is 1.89 bits per heavy atom. The highest BCUT2D eigenvalue weighted by atomic mass is 127. The number of fused-ring (bicyclic) bond motifs is 1. The van der Waals surface area contributed by atoms with Crippen molar-refractivity contribution in [1.29, 1.82) is 0 Å². The third-order valence-electron chi connectivity index (χ3n) is 6.23. The van der Waals surface area contributed by atoms with E-state index < -0.39 is 18.8 Å². The molecule has 1 aliphatic carbocycles. The molecule has 196 valence electrons. The van der Waals surface area contributed by atoms with Crippen LogP contribution in [0.1, 0.15) is 39.5 Å². The molecule has 0 aromatic carbocycles. The summed E-state index contributed by atoms with van der Waals surface area (Å²) in [5.74, 6) is -0.659. The summed E-state index contributed by atoms with van der Waals surface area (Å²) in [5.41, 5.74) is 1.52. The number of rotatable bonds is 10. The Hall–Kier alpha value is -1.60. The second-order valence-electron chi connectivity index (χ2n) is 8.90.